The third-order valence-corrected chi connectivity index (χ3v) is 2.96. The Labute approximate surface area is 121 Å². The molecule has 0 radical (unpaired) electrons. The van der Waals surface area contributed by atoms with Crippen molar-refractivity contribution < 1.29 is 18.7 Å². The van der Waals surface area contributed by atoms with E-state index in [4.69, 9.17) is 10.5 Å². The predicted octanol–water partition coefficient (Wildman–Crippen LogP) is 2.14. The van der Waals surface area contributed by atoms with Crippen LogP contribution in [0.3, 0.4) is 0 Å². The first-order valence-corrected chi connectivity index (χ1v) is 6.34. The number of benzene rings is 2. The van der Waals surface area contributed by atoms with Crippen LogP contribution in [0, 0.1) is 5.82 Å². The van der Waals surface area contributed by atoms with Crippen LogP contribution in [-0.4, -0.2) is 11.9 Å². The first-order chi connectivity index (χ1) is 10.1. The van der Waals surface area contributed by atoms with Crippen LogP contribution in [-0.2, 0) is 20.9 Å². The zero-order chi connectivity index (χ0) is 15.2. The Morgan fingerprint density at radius 1 is 1.05 bits per heavy atom. The number of carbonyl (C=O) groups excluding carboxylic acids is 2. The van der Waals surface area contributed by atoms with Crippen molar-refractivity contribution in [2.45, 2.75) is 12.5 Å². The van der Waals surface area contributed by atoms with Gasteiger partial charge in [0.05, 0.1) is 0 Å². The van der Waals surface area contributed by atoms with Crippen LogP contribution in [0.15, 0.2) is 54.6 Å². The summed E-state index contributed by atoms with van der Waals surface area (Å²) in [6, 6.07) is 14.5. The molecule has 1 unspecified atom stereocenters. The molecule has 108 valence electrons. The topological polar surface area (TPSA) is 69.4 Å². The molecule has 1 amide bonds. The van der Waals surface area contributed by atoms with E-state index in [1.165, 1.54) is 18.2 Å². The lowest BCUT2D eigenvalue weighted by Gasteiger charge is -2.14. The molecule has 0 bridgehead atoms. The average Bonchev–Trinajstić information content (AvgIpc) is 2.48. The lowest BCUT2D eigenvalue weighted by Crippen LogP contribution is -2.30. The Kier molecular flexibility index (Phi) is 4.66. The Bertz CT molecular complexity index is 643. The average molecular weight is 287 g/mol. The lowest BCUT2D eigenvalue weighted by atomic mass is 9.98. The van der Waals surface area contributed by atoms with Gasteiger partial charge in [-0.15, -0.1) is 0 Å². The quantitative estimate of drug-likeness (QED) is 0.676. The number of halogens is 1. The van der Waals surface area contributed by atoms with Gasteiger partial charge in [-0.3, -0.25) is 9.59 Å². The molecule has 2 rings (SSSR count). The van der Waals surface area contributed by atoms with Gasteiger partial charge < -0.3 is 10.5 Å². The third-order valence-electron chi connectivity index (χ3n) is 2.96. The zero-order valence-corrected chi connectivity index (χ0v) is 11.2. The largest absolute Gasteiger partial charge is 0.460 e. The Hall–Kier alpha value is -2.69. The summed E-state index contributed by atoms with van der Waals surface area (Å²) in [5.41, 5.74) is 5.89. The zero-order valence-electron chi connectivity index (χ0n) is 11.2. The molecule has 0 aliphatic heterocycles. The van der Waals surface area contributed by atoms with E-state index in [0.29, 0.717) is 0 Å². The molecule has 5 heteroatoms. The van der Waals surface area contributed by atoms with Crippen molar-refractivity contribution in [3.05, 3.63) is 71.5 Å². The van der Waals surface area contributed by atoms with E-state index >= 15 is 0 Å². The number of hydrogen-bond donors (Lipinski definition) is 1. The van der Waals surface area contributed by atoms with Crippen LogP contribution in [0.5, 0.6) is 0 Å². The Morgan fingerprint density at radius 2 is 1.67 bits per heavy atom. The molecule has 4 nitrogen and oxygen atoms in total. The minimum atomic E-state index is -1.45. The van der Waals surface area contributed by atoms with Crippen molar-refractivity contribution in [2.24, 2.45) is 5.73 Å². The van der Waals surface area contributed by atoms with Gasteiger partial charge in [-0.05, 0) is 11.6 Å². The molecule has 2 aromatic rings. The molecule has 21 heavy (non-hydrogen) atoms. The van der Waals surface area contributed by atoms with Gasteiger partial charge in [0.1, 0.15) is 12.4 Å². The lowest BCUT2D eigenvalue weighted by molar-refractivity contribution is -0.149. The van der Waals surface area contributed by atoms with Crippen molar-refractivity contribution >= 4 is 11.9 Å². The second kappa shape index (κ2) is 6.65. The smallest absolute Gasteiger partial charge is 0.323 e. The number of ether oxygens (including phenoxy) is 1. The second-order valence-electron chi connectivity index (χ2n) is 4.45. The molecule has 0 saturated heterocycles. The van der Waals surface area contributed by atoms with Crippen LogP contribution >= 0.6 is 0 Å². The van der Waals surface area contributed by atoms with E-state index in [1.807, 2.05) is 6.07 Å². The van der Waals surface area contributed by atoms with Gasteiger partial charge in [0.2, 0.25) is 5.91 Å². The molecule has 1 atom stereocenters. The predicted molar refractivity (Wildman–Crippen MR) is 74.6 cm³/mol. The number of esters is 1. The maximum Gasteiger partial charge on any atom is 0.323 e. The third kappa shape index (κ3) is 3.66. The molecule has 0 saturated carbocycles. The highest BCUT2D eigenvalue weighted by Crippen LogP contribution is 2.21. The van der Waals surface area contributed by atoms with Crippen LogP contribution in [0.25, 0.3) is 0 Å². The van der Waals surface area contributed by atoms with E-state index in [2.05, 4.69) is 0 Å². The number of amides is 1. The molecule has 0 spiro atoms. The highest BCUT2D eigenvalue weighted by Gasteiger charge is 2.30. The molecule has 0 fully saturated rings. The maximum atomic E-state index is 13.7. The SMILES string of the molecule is NC(=O)C(C(=O)OCc1ccccc1)c1ccccc1F. The van der Waals surface area contributed by atoms with Gasteiger partial charge in [0.15, 0.2) is 5.92 Å². The summed E-state index contributed by atoms with van der Waals surface area (Å²) in [5, 5.41) is 0. The molecule has 0 aliphatic rings. The van der Waals surface area contributed by atoms with E-state index in [0.717, 1.165) is 11.6 Å². The molecular formula is C16H14FNO3. The van der Waals surface area contributed by atoms with E-state index in [1.54, 1.807) is 24.3 Å². The summed E-state index contributed by atoms with van der Waals surface area (Å²) >= 11 is 0. The summed E-state index contributed by atoms with van der Waals surface area (Å²) in [6.07, 6.45) is 0. The van der Waals surface area contributed by atoms with Crippen molar-refractivity contribution in [3.8, 4) is 0 Å². The monoisotopic (exact) mass is 287 g/mol. The molecule has 2 N–H and O–H groups in total. The second-order valence-corrected chi connectivity index (χ2v) is 4.45. The van der Waals surface area contributed by atoms with Gasteiger partial charge in [-0.25, -0.2) is 4.39 Å². The number of nitrogens with two attached hydrogens (primary N) is 1. The Balaban J connectivity index is 2.14. The number of primary amides is 1. The van der Waals surface area contributed by atoms with Crippen LogP contribution in [0.2, 0.25) is 0 Å². The van der Waals surface area contributed by atoms with Crippen LogP contribution < -0.4 is 5.73 Å². The van der Waals surface area contributed by atoms with Crippen LogP contribution in [0.4, 0.5) is 4.39 Å². The van der Waals surface area contributed by atoms with Crippen molar-refractivity contribution in [1.82, 2.24) is 0 Å². The van der Waals surface area contributed by atoms with Crippen molar-refractivity contribution in [3.63, 3.8) is 0 Å². The number of hydrogen-bond acceptors (Lipinski definition) is 3. The Morgan fingerprint density at radius 3 is 2.29 bits per heavy atom. The molecule has 2 aromatic carbocycles. The summed E-state index contributed by atoms with van der Waals surface area (Å²) in [6.45, 7) is -0.00208. The van der Waals surface area contributed by atoms with Gasteiger partial charge in [0, 0.05) is 5.56 Å². The van der Waals surface area contributed by atoms with Gasteiger partial charge in [-0.2, -0.15) is 0 Å². The molecular weight excluding hydrogens is 273 g/mol. The molecule has 0 aromatic heterocycles. The molecule has 0 heterocycles. The first kappa shape index (κ1) is 14.7. The van der Waals surface area contributed by atoms with Gasteiger partial charge in [-0.1, -0.05) is 48.5 Å². The minimum absolute atomic E-state index is 0.00208. The van der Waals surface area contributed by atoms with Crippen molar-refractivity contribution in [1.29, 1.82) is 0 Å². The fraction of sp³-hybridized carbons (Fsp3) is 0.125. The highest BCUT2D eigenvalue weighted by atomic mass is 19.1. The standard InChI is InChI=1S/C16H14FNO3/c17-13-9-5-4-8-12(13)14(15(18)19)16(20)21-10-11-6-2-1-3-7-11/h1-9,14H,10H2,(H2,18,19). The normalized spacial score (nSPS) is 11.7. The van der Waals surface area contributed by atoms with Gasteiger partial charge >= 0.3 is 5.97 Å². The van der Waals surface area contributed by atoms with Gasteiger partial charge in [0.25, 0.3) is 0 Å². The fourth-order valence-electron chi connectivity index (χ4n) is 1.92. The summed E-state index contributed by atoms with van der Waals surface area (Å²) in [5.74, 6) is -3.93. The number of rotatable bonds is 5. The van der Waals surface area contributed by atoms with E-state index in [-0.39, 0.29) is 12.2 Å². The van der Waals surface area contributed by atoms with Crippen molar-refractivity contribution in [2.75, 3.05) is 0 Å². The number of carbonyl (C=O) groups is 2. The fourth-order valence-corrected chi connectivity index (χ4v) is 1.92. The van der Waals surface area contributed by atoms with Crippen LogP contribution in [0.1, 0.15) is 17.0 Å². The van der Waals surface area contributed by atoms with E-state index in [9.17, 15) is 14.0 Å². The summed E-state index contributed by atoms with van der Waals surface area (Å²) in [7, 11) is 0. The summed E-state index contributed by atoms with van der Waals surface area (Å²) < 4.78 is 18.8. The summed E-state index contributed by atoms with van der Waals surface area (Å²) in [4.78, 5) is 23.5. The van der Waals surface area contributed by atoms with E-state index < -0.39 is 23.6 Å². The molecule has 0 aliphatic carbocycles. The minimum Gasteiger partial charge on any atom is -0.460 e. The maximum absolute atomic E-state index is 13.7. The first-order valence-electron chi connectivity index (χ1n) is 6.34. The highest BCUT2D eigenvalue weighted by molar-refractivity contribution is 6.02.